The van der Waals surface area contributed by atoms with Crippen molar-refractivity contribution in [2.75, 3.05) is 5.73 Å². The maximum atomic E-state index is 6.13. The second-order valence-electron chi connectivity index (χ2n) is 4.46. The highest BCUT2D eigenvalue weighted by molar-refractivity contribution is 7.99. The number of fused-ring (bicyclic) bond motifs is 1. The van der Waals surface area contributed by atoms with E-state index in [2.05, 4.69) is 15.0 Å². The summed E-state index contributed by atoms with van der Waals surface area (Å²) in [7, 11) is 0. The SMILES string of the molecule is CC(Sc1nc(N)cc(Cl)n1)c1cc2c(Cl)coc2c(Cl)n1. The summed E-state index contributed by atoms with van der Waals surface area (Å²) in [4.78, 5) is 12.6. The van der Waals surface area contributed by atoms with Crippen LogP contribution in [0.4, 0.5) is 5.82 Å². The van der Waals surface area contributed by atoms with E-state index in [-0.39, 0.29) is 10.4 Å². The summed E-state index contributed by atoms with van der Waals surface area (Å²) in [5.74, 6) is 0.314. The first-order valence-corrected chi connectivity index (χ1v) is 8.15. The van der Waals surface area contributed by atoms with Gasteiger partial charge in [-0.15, -0.1) is 0 Å². The van der Waals surface area contributed by atoms with Gasteiger partial charge in [-0.25, -0.2) is 15.0 Å². The highest BCUT2D eigenvalue weighted by Crippen LogP contribution is 2.37. The lowest BCUT2D eigenvalue weighted by atomic mass is 10.2. The summed E-state index contributed by atoms with van der Waals surface area (Å²) in [5, 5.41) is 2.15. The number of pyridine rings is 1. The van der Waals surface area contributed by atoms with Crippen molar-refractivity contribution in [1.29, 1.82) is 0 Å². The largest absolute Gasteiger partial charge is 0.459 e. The number of furan rings is 1. The van der Waals surface area contributed by atoms with Crippen LogP contribution in [0.25, 0.3) is 11.0 Å². The molecular weight excluding hydrogens is 367 g/mol. The van der Waals surface area contributed by atoms with Gasteiger partial charge in [-0.05, 0) is 13.0 Å². The standard InChI is InChI=1S/C13H9Cl3N4OS/c1-5(22-13-19-9(15)3-10(17)20-13)8-2-6-7(14)4-21-11(6)12(16)18-8/h2-5H,1H3,(H2,17,19,20). The molecule has 0 spiro atoms. The maximum Gasteiger partial charge on any atom is 0.191 e. The minimum atomic E-state index is -0.0780. The summed E-state index contributed by atoms with van der Waals surface area (Å²) >= 11 is 19.5. The molecule has 0 aromatic carbocycles. The van der Waals surface area contributed by atoms with Crippen molar-refractivity contribution in [3.8, 4) is 0 Å². The van der Waals surface area contributed by atoms with Crippen molar-refractivity contribution < 1.29 is 4.42 Å². The first-order chi connectivity index (χ1) is 10.4. The summed E-state index contributed by atoms with van der Waals surface area (Å²) in [6, 6.07) is 3.32. The Morgan fingerprint density at radius 2 is 1.95 bits per heavy atom. The Labute approximate surface area is 145 Å². The minimum absolute atomic E-state index is 0.0780. The Morgan fingerprint density at radius 3 is 2.68 bits per heavy atom. The molecule has 0 saturated heterocycles. The fourth-order valence-electron chi connectivity index (χ4n) is 1.88. The van der Waals surface area contributed by atoms with Crippen LogP contribution < -0.4 is 5.73 Å². The highest BCUT2D eigenvalue weighted by Gasteiger charge is 2.17. The Morgan fingerprint density at radius 1 is 1.18 bits per heavy atom. The van der Waals surface area contributed by atoms with Crippen LogP contribution in [0.5, 0.6) is 0 Å². The molecule has 2 N–H and O–H groups in total. The third-order valence-electron chi connectivity index (χ3n) is 2.88. The second kappa shape index (κ2) is 6.12. The number of anilines is 1. The molecule has 3 aromatic heterocycles. The van der Waals surface area contributed by atoms with Crippen molar-refractivity contribution in [2.45, 2.75) is 17.3 Å². The minimum Gasteiger partial charge on any atom is -0.459 e. The van der Waals surface area contributed by atoms with E-state index in [9.17, 15) is 0 Å². The zero-order valence-electron chi connectivity index (χ0n) is 11.2. The Balaban J connectivity index is 1.94. The van der Waals surface area contributed by atoms with Crippen molar-refractivity contribution in [3.05, 3.63) is 39.4 Å². The molecule has 3 rings (SSSR count). The highest BCUT2D eigenvalue weighted by atomic mass is 35.5. The molecule has 0 aliphatic heterocycles. The van der Waals surface area contributed by atoms with Gasteiger partial charge in [0.05, 0.1) is 16.0 Å². The predicted octanol–water partition coefficient (Wildman–Crippen LogP) is 5.01. The summed E-state index contributed by atoms with van der Waals surface area (Å²) in [5.41, 5.74) is 6.86. The van der Waals surface area contributed by atoms with Gasteiger partial charge in [0.15, 0.2) is 15.9 Å². The fraction of sp³-hybridized carbons (Fsp3) is 0.154. The Bertz CT molecular complexity index is 834. The number of nitrogen functional groups attached to an aromatic ring is 1. The van der Waals surface area contributed by atoms with Gasteiger partial charge < -0.3 is 10.2 Å². The lowest BCUT2D eigenvalue weighted by molar-refractivity contribution is 0.614. The number of nitrogens with two attached hydrogens (primary N) is 1. The topological polar surface area (TPSA) is 77.8 Å². The van der Waals surface area contributed by atoms with E-state index >= 15 is 0 Å². The molecule has 0 bridgehead atoms. The molecule has 114 valence electrons. The molecule has 22 heavy (non-hydrogen) atoms. The number of rotatable bonds is 3. The van der Waals surface area contributed by atoms with Gasteiger partial charge in [-0.3, -0.25) is 0 Å². The third-order valence-corrected chi connectivity index (χ3v) is 4.61. The smallest absolute Gasteiger partial charge is 0.191 e. The Hall–Kier alpha value is -1.21. The quantitative estimate of drug-likeness (QED) is 0.300. The van der Waals surface area contributed by atoms with E-state index in [1.54, 1.807) is 0 Å². The van der Waals surface area contributed by atoms with Crippen molar-refractivity contribution in [3.63, 3.8) is 0 Å². The molecule has 9 heteroatoms. The van der Waals surface area contributed by atoms with Crippen molar-refractivity contribution in [2.24, 2.45) is 0 Å². The molecule has 0 fully saturated rings. The van der Waals surface area contributed by atoms with Gasteiger partial charge in [-0.2, -0.15) is 0 Å². The molecule has 3 heterocycles. The van der Waals surface area contributed by atoms with E-state index in [0.717, 1.165) is 11.1 Å². The van der Waals surface area contributed by atoms with Crippen LogP contribution >= 0.6 is 46.6 Å². The van der Waals surface area contributed by atoms with E-state index in [1.807, 2.05) is 13.0 Å². The van der Waals surface area contributed by atoms with Crippen LogP contribution in [-0.2, 0) is 0 Å². The lowest BCUT2D eigenvalue weighted by Crippen LogP contribution is -1.98. The molecule has 0 saturated carbocycles. The monoisotopic (exact) mass is 374 g/mol. The maximum absolute atomic E-state index is 6.13. The Kier molecular flexibility index (Phi) is 4.36. The van der Waals surface area contributed by atoms with Crippen LogP contribution in [0.3, 0.4) is 0 Å². The van der Waals surface area contributed by atoms with E-state index in [0.29, 0.717) is 26.7 Å². The molecule has 0 amide bonds. The lowest BCUT2D eigenvalue weighted by Gasteiger charge is -2.10. The number of hydrogen-bond donors (Lipinski definition) is 1. The summed E-state index contributed by atoms with van der Waals surface area (Å²) in [6.45, 7) is 1.95. The molecule has 0 radical (unpaired) electrons. The molecule has 1 unspecified atom stereocenters. The van der Waals surface area contributed by atoms with Gasteiger partial charge in [0.1, 0.15) is 17.2 Å². The first-order valence-electron chi connectivity index (χ1n) is 6.14. The average molecular weight is 376 g/mol. The van der Waals surface area contributed by atoms with Crippen LogP contribution in [0.1, 0.15) is 17.9 Å². The van der Waals surface area contributed by atoms with Crippen LogP contribution in [0, 0.1) is 0 Å². The summed E-state index contributed by atoms with van der Waals surface area (Å²) < 4.78 is 5.27. The normalized spacial score (nSPS) is 12.7. The van der Waals surface area contributed by atoms with Gasteiger partial charge in [0, 0.05) is 11.5 Å². The number of halogens is 3. The number of nitrogens with zero attached hydrogens (tertiary/aromatic N) is 3. The zero-order chi connectivity index (χ0) is 15.9. The first kappa shape index (κ1) is 15.7. The molecule has 0 aliphatic rings. The molecule has 1 atom stereocenters. The van der Waals surface area contributed by atoms with Crippen molar-refractivity contribution in [1.82, 2.24) is 15.0 Å². The number of hydrogen-bond acceptors (Lipinski definition) is 6. The fourth-order valence-corrected chi connectivity index (χ4v) is 3.42. The van der Waals surface area contributed by atoms with E-state index in [1.165, 1.54) is 24.1 Å². The van der Waals surface area contributed by atoms with Crippen LogP contribution in [-0.4, -0.2) is 15.0 Å². The second-order valence-corrected chi connectivity index (χ2v) is 6.92. The average Bonchev–Trinajstić information content (AvgIpc) is 2.80. The number of aromatic nitrogens is 3. The molecule has 0 aliphatic carbocycles. The summed E-state index contributed by atoms with van der Waals surface area (Å²) in [6.07, 6.45) is 1.43. The zero-order valence-corrected chi connectivity index (χ0v) is 14.3. The van der Waals surface area contributed by atoms with E-state index < -0.39 is 0 Å². The molecule has 5 nitrogen and oxygen atoms in total. The third kappa shape index (κ3) is 3.10. The van der Waals surface area contributed by atoms with Crippen molar-refractivity contribution >= 4 is 63.4 Å². The van der Waals surface area contributed by atoms with Crippen LogP contribution in [0.15, 0.2) is 28.0 Å². The molecular formula is C13H9Cl3N4OS. The van der Waals surface area contributed by atoms with E-state index in [4.69, 9.17) is 45.0 Å². The van der Waals surface area contributed by atoms with Crippen LogP contribution in [0.2, 0.25) is 15.3 Å². The van der Waals surface area contributed by atoms with Gasteiger partial charge in [-0.1, -0.05) is 46.6 Å². The van der Waals surface area contributed by atoms with Gasteiger partial charge in [0.25, 0.3) is 0 Å². The van der Waals surface area contributed by atoms with Gasteiger partial charge >= 0.3 is 0 Å². The van der Waals surface area contributed by atoms with Gasteiger partial charge in [0.2, 0.25) is 0 Å². The number of thioether (sulfide) groups is 1. The molecule has 3 aromatic rings. The predicted molar refractivity (Wildman–Crippen MR) is 89.8 cm³/mol.